The summed E-state index contributed by atoms with van der Waals surface area (Å²) in [7, 11) is 0. The second kappa shape index (κ2) is 4.59. The highest BCUT2D eigenvalue weighted by atomic mass is 79.9. The molecule has 1 unspecified atom stereocenters. The number of aliphatic hydroxyl groups excluding tert-OH is 1. The Bertz CT molecular complexity index is 564. The fraction of sp³-hybridized carbons (Fsp3) is 0.200. The van der Waals surface area contributed by atoms with Crippen molar-refractivity contribution >= 4 is 33.2 Å². The van der Waals surface area contributed by atoms with Crippen molar-refractivity contribution < 1.29 is 15.0 Å². The van der Waals surface area contributed by atoms with Crippen molar-refractivity contribution in [1.82, 2.24) is 9.97 Å². The summed E-state index contributed by atoms with van der Waals surface area (Å²) in [5, 5.41) is 19.1. The molecule has 90 valence electrons. The minimum absolute atomic E-state index is 0.153. The van der Waals surface area contributed by atoms with Crippen LogP contribution in [0.15, 0.2) is 16.2 Å². The van der Waals surface area contributed by atoms with Crippen LogP contribution >= 0.6 is 27.3 Å². The van der Waals surface area contributed by atoms with Gasteiger partial charge in [0.05, 0.1) is 15.8 Å². The lowest BCUT2D eigenvalue weighted by atomic mass is 10.1. The maximum absolute atomic E-state index is 10.9. The van der Waals surface area contributed by atoms with Gasteiger partial charge in [0.1, 0.15) is 6.10 Å². The number of rotatable bonds is 3. The molecule has 0 aliphatic carbocycles. The number of H-pyrrole nitrogens is 1. The highest BCUT2D eigenvalue weighted by Gasteiger charge is 2.23. The molecule has 0 fully saturated rings. The van der Waals surface area contributed by atoms with Crippen molar-refractivity contribution in [2.75, 3.05) is 0 Å². The van der Waals surface area contributed by atoms with Crippen molar-refractivity contribution in [3.63, 3.8) is 0 Å². The fourth-order valence-corrected chi connectivity index (χ4v) is 3.31. The predicted octanol–water partition coefficient (Wildman–Crippen LogP) is 2.32. The molecule has 2 aromatic rings. The third kappa shape index (κ3) is 2.26. The van der Waals surface area contributed by atoms with Gasteiger partial charge in [0.15, 0.2) is 5.69 Å². The number of carbonyl (C=O) groups is 1. The smallest absolute Gasteiger partial charge is 0.356 e. The van der Waals surface area contributed by atoms with Crippen LogP contribution in [0.5, 0.6) is 0 Å². The molecule has 7 heteroatoms. The third-order valence-corrected chi connectivity index (χ3v) is 3.93. The van der Waals surface area contributed by atoms with Crippen molar-refractivity contribution in [1.29, 1.82) is 0 Å². The van der Waals surface area contributed by atoms with Crippen LogP contribution in [0.2, 0.25) is 0 Å². The summed E-state index contributed by atoms with van der Waals surface area (Å²) in [6.45, 7) is 1.87. The summed E-state index contributed by atoms with van der Waals surface area (Å²) < 4.78 is 0.889. The second-order valence-electron chi connectivity index (χ2n) is 3.43. The number of halogens is 1. The molecular weight excluding hydrogens is 308 g/mol. The number of nitrogens with zero attached hydrogens (tertiary/aromatic N) is 1. The van der Waals surface area contributed by atoms with Gasteiger partial charge in [-0.2, -0.15) is 0 Å². The van der Waals surface area contributed by atoms with E-state index in [4.69, 9.17) is 5.11 Å². The number of aromatic amines is 1. The third-order valence-electron chi connectivity index (χ3n) is 2.37. The number of imidazole rings is 1. The first-order valence-electron chi connectivity index (χ1n) is 4.71. The number of aromatic carboxylic acids is 1. The highest BCUT2D eigenvalue weighted by molar-refractivity contribution is 9.11. The first-order chi connectivity index (χ1) is 8.00. The number of nitrogens with one attached hydrogen (secondary N) is 1. The van der Waals surface area contributed by atoms with E-state index in [2.05, 4.69) is 25.9 Å². The molecule has 0 saturated carbocycles. The van der Waals surface area contributed by atoms with Gasteiger partial charge in [-0.1, -0.05) is 0 Å². The fourth-order valence-electron chi connectivity index (χ4n) is 1.57. The Kier molecular flexibility index (Phi) is 3.32. The lowest BCUT2D eigenvalue weighted by molar-refractivity contribution is 0.0685. The molecule has 0 bridgehead atoms. The Balaban J connectivity index is 2.43. The lowest BCUT2D eigenvalue weighted by Crippen LogP contribution is -2.08. The number of carboxylic acid groups (broad SMARTS) is 1. The Morgan fingerprint density at radius 1 is 1.65 bits per heavy atom. The average molecular weight is 317 g/mol. The molecule has 1 atom stereocenters. The first-order valence-corrected chi connectivity index (χ1v) is 6.32. The lowest BCUT2D eigenvalue weighted by Gasteiger charge is -2.09. The summed E-state index contributed by atoms with van der Waals surface area (Å²) >= 11 is 4.81. The Hall–Kier alpha value is -1.18. The highest BCUT2D eigenvalue weighted by Crippen LogP contribution is 2.33. The Morgan fingerprint density at radius 3 is 2.88 bits per heavy atom. The molecule has 0 spiro atoms. The van der Waals surface area contributed by atoms with Crippen molar-refractivity contribution in [3.8, 4) is 0 Å². The van der Waals surface area contributed by atoms with Gasteiger partial charge in [-0.25, -0.2) is 9.78 Å². The van der Waals surface area contributed by atoms with Gasteiger partial charge in [-0.15, -0.1) is 11.3 Å². The second-order valence-corrected chi connectivity index (χ2v) is 6.07. The number of hydrogen-bond acceptors (Lipinski definition) is 4. The molecule has 0 radical (unpaired) electrons. The maximum atomic E-state index is 10.9. The maximum Gasteiger partial charge on any atom is 0.356 e. The molecule has 2 heterocycles. The molecule has 2 rings (SSSR count). The van der Waals surface area contributed by atoms with E-state index in [-0.39, 0.29) is 11.4 Å². The molecule has 0 saturated heterocycles. The predicted molar refractivity (Wildman–Crippen MR) is 66.4 cm³/mol. The van der Waals surface area contributed by atoms with E-state index in [1.807, 2.05) is 6.92 Å². The van der Waals surface area contributed by atoms with Gasteiger partial charge in [-0.05, 0) is 28.9 Å². The van der Waals surface area contributed by atoms with E-state index in [0.717, 1.165) is 8.66 Å². The van der Waals surface area contributed by atoms with Crippen molar-refractivity contribution in [3.05, 3.63) is 38.0 Å². The van der Waals surface area contributed by atoms with E-state index in [0.29, 0.717) is 5.56 Å². The van der Waals surface area contributed by atoms with E-state index in [9.17, 15) is 9.90 Å². The molecule has 2 aromatic heterocycles. The molecule has 17 heavy (non-hydrogen) atoms. The normalized spacial score (nSPS) is 12.6. The largest absolute Gasteiger partial charge is 0.476 e. The topological polar surface area (TPSA) is 86.2 Å². The van der Waals surface area contributed by atoms with Crippen LogP contribution in [0, 0.1) is 6.92 Å². The van der Waals surface area contributed by atoms with Crippen LogP contribution in [-0.4, -0.2) is 26.2 Å². The van der Waals surface area contributed by atoms with Gasteiger partial charge >= 0.3 is 5.97 Å². The van der Waals surface area contributed by atoms with E-state index in [1.165, 1.54) is 17.7 Å². The van der Waals surface area contributed by atoms with E-state index in [1.54, 1.807) is 6.07 Å². The molecule has 0 aromatic carbocycles. The summed E-state index contributed by atoms with van der Waals surface area (Å²) in [6, 6.07) is 1.77. The van der Waals surface area contributed by atoms with Gasteiger partial charge in [-0.3, -0.25) is 0 Å². The molecule has 3 N–H and O–H groups in total. The standard InChI is InChI=1S/C10H9BrN2O3S/c1-4-5(2-6(11)17-4)9(14)7-8(10(15)16)13-3-12-7/h2-3,9,14H,1H3,(H,12,13)(H,15,16). The molecular formula is C10H9BrN2O3S. The summed E-state index contributed by atoms with van der Waals surface area (Å²) in [4.78, 5) is 18.2. The Morgan fingerprint density at radius 2 is 2.35 bits per heavy atom. The SMILES string of the molecule is Cc1sc(Br)cc1C(O)c1[nH]cnc1C(=O)O. The van der Waals surface area contributed by atoms with Crippen molar-refractivity contribution in [2.24, 2.45) is 0 Å². The quantitative estimate of drug-likeness (QED) is 0.811. The zero-order chi connectivity index (χ0) is 12.6. The molecule has 0 amide bonds. The number of aliphatic hydroxyl groups is 1. The number of thiophene rings is 1. The Labute approximate surface area is 109 Å². The summed E-state index contributed by atoms with van der Waals surface area (Å²) in [5.74, 6) is -1.16. The number of aryl methyl sites for hydroxylation is 1. The zero-order valence-electron chi connectivity index (χ0n) is 8.77. The van der Waals surface area contributed by atoms with Gasteiger partial charge in [0.2, 0.25) is 0 Å². The van der Waals surface area contributed by atoms with Gasteiger partial charge in [0.25, 0.3) is 0 Å². The zero-order valence-corrected chi connectivity index (χ0v) is 11.2. The van der Waals surface area contributed by atoms with Crippen LogP contribution < -0.4 is 0 Å². The molecule has 0 aliphatic heterocycles. The monoisotopic (exact) mass is 316 g/mol. The average Bonchev–Trinajstić information content (AvgIpc) is 2.83. The number of aromatic nitrogens is 2. The molecule has 5 nitrogen and oxygen atoms in total. The van der Waals surface area contributed by atoms with Gasteiger partial charge in [0, 0.05) is 10.4 Å². The number of hydrogen-bond donors (Lipinski definition) is 3. The van der Waals surface area contributed by atoms with Gasteiger partial charge < -0.3 is 15.2 Å². The van der Waals surface area contributed by atoms with Crippen LogP contribution in [0.3, 0.4) is 0 Å². The van der Waals surface area contributed by atoms with Crippen LogP contribution in [0.4, 0.5) is 0 Å². The minimum Gasteiger partial charge on any atom is -0.476 e. The van der Waals surface area contributed by atoms with E-state index < -0.39 is 12.1 Å². The molecule has 0 aliphatic rings. The number of carboxylic acids is 1. The summed E-state index contributed by atoms with van der Waals surface area (Å²) in [6.07, 6.45) is 0.254. The first kappa shape index (κ1) is 12.3. The van der Waals surface area contributed by atoms with Crippen LogP contribution in [0.1, 0.15) is 32.7 Å². The van der Waals surface area contributed by atoms with Crippen LogP contribution in [0.25, 0.3) is 0 Å². The van der Waals surface area contributed by atoms with E-state index >= 15 is 0 Å². The van der Waals surface area contributed by atoms with Crippen molar-refractivity contribution in [2.45, 2.75) is 13.0 Å². The van der Waals surface area contributed by atoms with Crippen LogP contribution in [-0.2, 0) is 0 Å². The minimum atomic E-state index is -1.16. The summed E-state index contributed by atoms with van der Waals surface area (Å²) in [5.41, 5.74) is 0.721.